The number of hydrogen-bond acceptors (Lipinski definition) is 4. The Kier molecular flexibility index (Phi) is 5.71. The van der Waals surface area contributed by atoms with Crippen molar-refractivity contribution in [1.82, 2.24) is 4.98 Å². The number of benzene rings is 2. The molecule has 0 aliphatic heterocycles. The lowest BCUT2D eigenvalue weighted by atomic mass is 10.1. The molecule has 1 heterocycles. The summed E-state index contributed by atoms with van der Waals surface area (Å²) in [5, 5.41) is 6.67. The van der Waals surface area contributed by atoms with Crippen molar-refractivity contribution in [2.24, 2.45) is 0 Å². The van der Waals surface area contributed by atoms with Crippen LogP contribution in [-0.2, 0) is 11.2 Å². The van der Waals surface area contributed by atoms with Gasteiger partial charge in [0.25, 0.3) is 0 Å². The summed E-state index contributed by atoms with van der Waals surface area (Å²) >= 11 is 5.84. The second-order valence-electron chi connectivity index (χ2n) is 5.64. The Morgan fingerprint density at radius 3 is 2.31 bits per heavy atom. The Hall–Kier alpha value is -3.05. The quantitative estimate of drug-likeness (QED) is 0.664. The van der Waals surface area contributed by atoms with Crippen LogP contribution in [-0.4, -0.2) is 18.0 Å². The number of amides is 1. The first kappa shape index (κ1) is 17.8. The molecule has 0 saturated heterocycles. The van der Waals surface area contributed by atoms with Crippen LogP contribution in [0.15, 0.2) is 66.9 Å². The highest BCUT2D eigenvalue weighted by Crippen LogP contribution is 2.19. The van der Waals surface area contributed by atoms with Crippen molar-refractivity contribution < 1.29 is 9.53 Å². The van der Waals surface area contributed by atoms with Crippen LogP contribution in [0.25, 0.3) is 0 Å². The van der Waals surface area contributed by atoms with Crippen LogP contribution in [0.3, 0.4) is 0 Å². The number of rotatable bonds is 6. The van der Waals surface area contributed by atoms with Gasteiger partial charge in [-0.15, -0.1) is 0 Å². The maximum absolute atomic E-state index is 12.1. The highest BCUT2D eigenvalue weighted by atomic mass is 35.5. The number of carbonyl (C=O) groups excluding carboxylic acids is 1. The van der Waals surface area contributed by atoms with Crippen LogP contribution in [0.1, 0.15) is 5.56 Å². The van der Waals surface area contributed by atoms with Crippen molar-refractivity contribution in [2.75, 3.05) is 17.7 Å². The molecule has 0 aliphatic rings. The highest BCUT2D eigenvalue weighted by molar-refractivity contribution is 6.30. The number of aromatic nitrogens is 1. The van der Waals surface area contributed by atoms with E-state index in [4.69, 9.17) is 16.3 Å². The molecule has 0 unspecified atom stereocenters. The van der Waals surface area contributed by atoms with E-state index in [-0.39, 0.29) is 12.3 Å². The number of anilines is 3. The third-order valence-corrected chi connectivity index (χ3v) is 3.94. The van der Waals surface area contributed by atoms with Crippen LogP contribution in [0.2, 0.25) is 5.02 Å². The molecule has 2 aromatic carbocycles. The maximum Gasteiger partial charge on any atom is 0.228 e. The predicted octanol–water partition coefficient (Wildman–Crippen LogP) is 4.67. The molecule has 1 amide bonds. The fraction of sp³-hybridized carbons (Fsp3) is 0.100. The van der Waals surface area contributed by atoms with Crippen LogP contribution in [0.4, 0.5) is 17.2 Å². The molecule has 0 spiro atoms. The lowest BCUT2D eigenvalue weighted by molar-refractivity contribution is -0.115. The average molecular weight is 368 g/mol. The lowest BCUT2D eigenvalue weighted by Crippen LogP contribution is -2.14. The molecule has 0 bridgehead atoms. The third-order valence-electron chi connectivity index (χ3n) is 3.69. The number of hydrogen-bond donors (Lipinski definition) is 2. The SMILES string of the molecule is COc1ccc(Nc2ccc(NC(=O)Cc3ccc(Cl)cc3)cn2)cc1. The second kappa shape index (κ2) is 8.36. The molecule has 2 N–H and O–H groups in total. The minimum Gasteiger partial charge on any atom is -0.497 e. The van der Waals surface area contributed by atoms with Crippen molar-refractivity contribution in [3.05, 3.63) is 77.4 Å². The van der Waals surface area contributed by atoms with E-state index in [9.17, 15) is 4.79 Å². The van der Waals surface area contributed by atoms with E-state index < -0.39 is 0 Å². The molecular weight excluding hydrogens is 350 g/mol. The van der Waals surface area contributed by atoms with E-state index >= 15 is 0 Å². The summed E-state index contributed by atoms with van der Waals surface area (Å²) in [6, 6.07) is 18.4. The summed E-state index contributed by atoms with van der Waals surface area (Å²) in [5.41, 5.74) is 2.44. The summed E-state index contributed by atoms with van der Waals surface area (Å²) in [4.78, 5) is 16.4. The molecule has 3 rings (SSSR count). The maximum atomic E-state index is 12.1. The van der Waals surface area contributed by atoms with Gasteiger partial charge in [0.15, 0.2) is 0 Å². The van der Waals surface area contributed by atoms with Gasteiger partial charge in [0, 0.05) is 10.7 Å². The van der Waals surface area contributed by atoms with Gasteiger partial charge in [0.2, 0.25) is 5.91 Å². The zero-order valence-electron chi connectivity index (χ0n) is 14.2. The van der Waals surface area contributed by atoms with Gasteiger partial charge in [-0.25, -0.2) is 4.98 Å². The van der Waals surface area contributed by atoms with Crippen LogP contribution in [0.5, 0.6) is 5.75 Å². The number of halogens is 1. The number of pyridine rings is 1. The van der Waals surface area contributed by atoms with Crippen molar-refractivity contribution in [3.63, 3.8) is 0 Å². The highest BCUT2D eigenvalue weighted by Gasteiger charge is 2.05. The topological polar surface area (TPSA) is 63.2 Å². The normalized spacial score (nSPS) is 10.2. The van der Waals surface area contributed by atoms with Gasteiger partial charge in [-0.2, -0.15) is 0 Å². The molecule has 5 nitrogen and oxygen atoms in total. The molecule has 0 saturated carbocycles. The van der Waals surface area contributed by atoms with E-state index in [2.05, 4.69) is 15.6 Å². The van der Waals surface area contributed by atoms with Gasteiger partial charge in [0.1, 0.15) is 11.6 Å². The smallest absolute Gasteiger partial charge is 0.228 e. The predicted molar refractivity (Wildman–Crippen MR) is 104 cm³/mol. The first-order valence-corrected chi connectivity index (χ1v) is 8.41. The van der Waals surface area contributed by atoms with E-state index in [1.54, 1.807) is 31.5 Å². The summed E-state index contributed by atoms with van der Waals surface area (Å²) < 4.78 is 5.13. The Bertz CT molecular complexity index is 863. The molecule has 26 heavy (non-hydrogen) atoms. The van der Waals surface area contributed by atoms with Gasteiger partial charge in [-0.05, 0) is 54.1 Å². The fourth-order valence-corrected chi connectivity index (χ4v) is 2.48. The minimum absolute atomic E-state index is 0.106. The summed E-state index contributed by atoms with van der Waals surface area (Å²) in [5.74, 6) is 1.37. The number of nitrogens with zero attached hydrogens (tertiary/aromatic N) is 1. The molecule has 1 aromatic heterocycles. The zero-order chi connectivity index (χ0) is 18.4. The molecule has 0 aliphatic carbocycles. The molecule has 132 valence electrons. The Morgan fingerprint density at radius 1 is 1.00 bits per heavy atom. The summed E-state index contributed by atoms with van der Waals surface area (Å²) in [6.07, 6.45) is 1.90. The second-order valence-corrected chi connectivity index (χ2v) is 6.07. The molecule has 6 heteroatoms. The first-order valence-electron chi connectivity index (χ1n) is 8.04. The fourth-order valence-electron chi connectivity index (χ4n) is 2.36. The number of nitrogens with one attached hydrogen (secondary N) is 2. The van der Waals surface area contributed by atoms with Gasteiger partial charge in [0.05, 0.1) is 25.4 Å². The zero-order valence-corrected chi connectivity index (χ0v) is 15.0. The monoisotopic (exact) mass is 367 g/mol. The summed E-state index contributed by atoms with van der Waals surface area (Å²) in [7, 11) is 1.63. The van der Waals surface area contributed by atoms with E-state index in [1.807, 2.05) is 42.5 Å². The Labute approximate surface area is 157 Å². The Balaban J connectivity index is 1.56. The average Bonchev–Trinajstić information content (AvgIpc) is 2.66. The van der Waals surface area contributed by atoms with E-state index in [0.717, 1.165) is 17.0 Å². The van der Waals surface area contributed by atoms with Gasteiger partial charge in [-0.3, -0.25) is 4.79 Å². The molecule has 3 aromatic rings. The van der Waals surface area contributed by atoms with Crippen molar-refractivity contribution in [1.29, 1.82) is 0 Å². The molecular formula is C20H18ClN3O2. The van der Waals surface area contributed by atoms with E-state index in [1.165, 1.54) is 0 Å². The number of carbonyl (C=O) groups is 1. The number of ether oxygens (including phenoxy) is 1. The van der Waals surface area contributed by atoms with Crippen LogP contribution >= 0.6 is 11.6 Å². The standard InChI is InChI=1S/C20H18ClN3O2/c1-26-18-9-6-16(7-10-18)23-19-11-8-17(13-22-19)24-20(25)12-14-2-4-15(21)5-3-14/h2-11,13H,12H2,1H3,(H,22,23)(H,24,25). The first-order chi connectivity index (χ1) is 12.6. The van der Waals surface area contributed by atoms with Crippen molar-refractivity contribution in [3.8, 4) is 5.75 Å². The number of methoxy groups -OCH3 is 1. The van der Waals surface area contributed by atoms with Crippen molar-refractivity contribution >= 4 is 34.7 Å². The van der Waals surface area contributed by atoms with Gasteiger partial charge in [-0.1, -0.05) is 23.7 Å². The lowest BCUT2D eigenvalue weighted by Gasteiger charge is -2.08. The molecule has 0 radical (unpaired) electrons. The van der Waals surface area contributed by atoms with Crippen molar-refractivity contribution in [2.45, 2.75) is 6.42 Å². The largest absolute Gasteiger partial charge is 0.497 e. The Morgan fingerprint density at radius 2 is 1.69 bits per heavy atom. The summed E-state index contributed by atoms with van der Waals surface area (Å²) in [6.45, 7) is 0. The minimum atomic E-state index is -0.106. The van der Waals surface area contributed by atoms with Crippen LogP contribution < -0.4 is 15.4 Å². The van der Waals surface area contributed by atoms with Gasteiger partial charge < -0.3 is 15.4 Å². The third kappa shape index (κ3) is 4.97. The van der Waals surface area contributed by atoms with Gasteiger partial charge >= 0.3 is 0 Å². The van der Waals surface area contributed by atoms with E-state index in [0.29, 0.717) is 16.5 Å². The molecule has 0 atom stereocenters. The van der Waals surface area contributed by atoms with Crippen LogP contribution in [0, 0.1) is 0 Å². The molecule has 0 fully saturated rings.